The van der Waals surface area contributed by atoms with Crippen molar-refractivity contribution in [3.05, 3.63) is 70.0 Å². The van der Waals surface area contributed by atoms with E-state index >= 15 is 0 Å². The van der Waals surface area contributed by atoms with Gasteiger partial charge in [-0.1, -0.05) is 12.1 Å². The Bertz CT molecular complexity index is 543. The Labute approximate surface area is 111 Å². The number of aromatic nitrogens is 1. The Balaban J connectivity index is 1.80. The summed E-state index contributed by atoms with van der Waals surface area (Å²) in [4.78, 5) is 14.2. The molecular weight excluding hydrogens is 242 g/mol. The molecule has 1 aromatic carbocycles. The number of nitrogens with zero attached hydrogens (tertiary/aromatic N) is 2. The van der Waals surface area contributed by atoms with E-state index in [0.717, 1.165) is 18.5 Å². The lowest BCUT2D eigenvalue weighted by Gasteiger charge is -2.05. The highest BCUT2D eigenvalue weighted by Gasteiger charge is 2.04. The smallest absolute Gasteiger partial charge is 0.269 e. The van der Waals surface area contributed by atoms with Gasteiger partial charge in [0.2, 0.25) is 0 Å². The molecule has 19 heavy (non-hydrogen) atoms. The molecule has 0 aliphatic rings. The predicted molar refractivity (Wildman–Crippen MR) is 72.7 cm³/mol. The molecule has 0 saturated carbocycles. The number of nitrogens with one attached hydrogen (secondary N) is 1. The van der Waals surface area contributed by atoms with Crippen molar-refractivity contribution in [1.82, 2.24) is 10.3 Å². The average Bonchev–Trinajstić information content (AvgIpc) is 2.45. The summed E-state index contributed by atoms with van der Waals surface area (Å²) in [5.74, 6) is 0. The number of benzene rings is 1. The minimum Gasteiger partial charge on any atom is -0.312 e. The van der Waals surface area contributed by atoms with Gasteiger partial charge in [0, 0.05) is 31.1 Å². The molecular formula is C14H15N3O2. The van der Waals surface area contributed by atoms with Gasteiger partial charge in [-0.05, 0) is 36.2 Å². The third kappa shape index (κ3) is 4.15. The molecule has 0 radical (unpaired) electrons. The number of pyridine rings is 1. The number of hydrogen-bond donors (Lipinski definition) is 1. The molecule has 0 spiro atoms. The van der Waals surface area contributed by atoms with Crippen LogP contribution in [0.4, 0.5) is 5.69 Å². The van der Waals surface area contributed by atoms with E-state index in [2.05, 4.69) is 10.3 Å². The fourth-order valence-electron chi connectivity index (χ4n) is 1.79. The second-order valence-electron chi connectivity index (χ2n) is 4.21. The van der Waals surface area contributed by atoms with Crippen molar-refractivity contribution < 1.29 is 4.92 Å². The van der Waals surface area contributed by atoms with E-state index in [4.69, 9.17) is 0 Å². The zero-order valence-electron chi connectivity index (χ0n) is 10.5. The summed E-state index contributed by atoms with van der Waals surface area (Å²) < 4.78 is 0. The number of non-ortho nitro benzene ring substituents is 1. The van der Waals surface area contributed by atoms with Crippen molar-refractivity contribution in [3.63, 3.8) is 0 Å². The quantitative estimate of drug-likeness (QED) is 0.490. The lowest BCUT2D eigenvalue weighted by Crippen LogP contribution is -2.16. The first kappa shape index (κ1) is 13.2. The average molecular weight is 257 g/mol. The Morgan fingerprint density at radius 1 is 1.16 bits per heavy atom. The van der Waals surface area contributed by atoms with Crippen molar-refractivity contribution in [1.29, 1.82) is 0 Å². The molecule has 2 rings (SSSR count). The first-order valence-electron chi connectivity index (χ1n) is 6.08. The van der Waals surface area contributed by atoms with E-state index in [9.17, 15) is 10.1 Å². The summed E-state index contributed by atoms with van der Waals surface area (Å²) in [5, 5.41) is 13.9. The molecule has 1 aromatic heterocycles. The second kappa shape index (κ2) is 6.61. The van der Waals surface area contributed by atoms with E-state index < -0.39 is 0 Å². The number of hydrogen-bond acceptors (Lipinski definition) is 4. The van der Waals surface area contributed by atoms with Crippen molar-refractivity contribution >= 4 is 5.69 Å². The van der Waals surface area contributed by atoms with Crippen LogP contribution in [0.25, 0.3) is 0 Å². The van der Waals surface area contributed by atoms with Crippen LogP contribution in [0.15, 0.2) is 48.8 Å². The van der Waals surface area contributed by atoms with Gasteiger partial charge in [-0.15, -0.1) is 0 Å². The molecule has 0 aliphatic heterocycles. The topological polar surface area (TPSA) is 68.1 Å². The molecule has 1 heterocycles. The molecule has 5 nitrogen and oxygen atoms in total. The van der Waals surface area contributed by atoms with Crippen LogP contribution in [0.1, 0.15) is 11.1 Å². The minimum absolute atomic E-state index is 0.133. The van der Waals surface area contributed by atoms with Crippen LogP contribution in [-0.4, -0.2) is 16.5 Å². The second-order valence-corrected chi connectivity index (χ2v) is 4.21. The molecule has 2 aromatic rings. The Hall–Kier alpha value is -2.27. The van der Waals surface area contributed by atoms with Gasteiger partial charge < -0.3 is 5.32 Å². The summed E-state index contributed by atoms with van der Waals surface area (Å²) in [6.45, 7) is 1.46. The van der Waals surface area contributed by atoms with Gasteiger partial charge in [-0.25, -0.2) is 0 Å². The van der Waals surface area contributed by atoms with E-state index in [1.807, 2.05) is 18.2 Å². The molecule has 0 fully saturated rings. The van der Waals surface area contributed by atoms with Gasteiger partial charge in [-0.2, -0.15) is 0 Å². The minimum atomic E-state index is -0.375. The van der Waals surface area contributed by atoms with Gasteiger partial charge >= 0.3 is 0 Å². The van der Waals surface area contributed by atoms with E-state index in [-0.39, 0.29) is 10.6 Å². The van der Waals surface area contributed by atoms with Crippen LogP contribution in [-0.2, 0) is 13.0 Å². The summed E-state index contributed by atoms with van der Waals surface area (Å²) >= 11 is 0. The maximum absolute atomic E-state index is 10.6. The van der Waals surface area contributed by atoms with Gasteiger partial charge in [0.05, 0.1) is 4.92 Å². The number of nitro benzene ring substituents is 1. The maximum atomic E-state index is 10.6. The molecule has 5 heteroatoms. The highest BCUT2D eigenvalue weighted by atomic mass is 16.6. The molecule has 0 atom stereocenters. The molecule has 0 amide bonds. The van der Waals surface area contributed by atoms with E-state index in [1.165, 1.54) is 11.6 Å². The summed E-state index contributed by atoms with van der Waals surface area (Å²) in [5.41, 5.74) is 2.28. The lowest BCUT2D eigenvalue weighted by molar-refractivity contribution is -0.384. The van der Waals surface area contributed by atoms with Crippen molar-refractivity contribution in [2.24, 2.45) is 0 Å². The zero-order chi connectivity index (χ0) is 13.5. The van der Waals surface area contributed by atoms with Gasteiger partial charge in [0.25, 0.3) is 5.69 Å². The Morgan fingerprint density at radius 2 is 1.95 bits per heavy atom. The van der Waals surface area contributed by atoms with E-state index in [1.54, 1.807) is 24.5 Å². The third-order valence-electron chi connectivity index (χ3n) is 2.79. The Morgan fingerprint density at radius 3 is 2.68 bits per heavy atom. The molecule has 98 valence electrons. The standard InChI is InChI=1S/C14H15N3O2/c18-17(19)14-3-1-2-13(10-14)11-16-9-6-12-4-7-15-8-5-12/h1-5,7-8,10,16H,6,9,11H2. The van der Waals surface area contributed by atoms with Crippen molar-refractivity contribution in [2.45, 2.75) is 13.0 Å². The zero-order valence-corrected chi connectivity index (χ0v) is 10.5. The largest absolute Gasteiger partial charge is 0.312 e. The number of rotatable bonds is 6. The van der Waals surface area contributed by atoms with Crippen molar-refractivity contribution in [2.75, 3.05) is 6.54 Å². The van der Waals surface area contributed by atoms with Crippen LogP contribution >= 0.6 is 0 Å². The Kier molecular flexibility index (Phi) is 4.58. The first-order valence-corrected chi connectivity index (χ1v) is 6.08. The monoisotopic (exact) mass is 257 g/mol. The SMILES string of the molecule is O=[N+]([O-])c1cccc(CNCCc2ccncc2)c1. The maximum Gasteiger partial charge on any atom is 0.269 e. The highest BCUT2D eigenvalue weighted by Crippen LogP contribution is 2.12. The summed E-state index contributed by atoms with van der Waals surface area (Å²) in [7, 11) is 0. The first-order chi connectivity index (χ1) is 9.25. The summed E-state index contributed by atoms with van der Waals surface area (Å²) in [6.07, 6.45) is 4.46. The van der Waals surface area contributed by atoms with Crippen LogP contribution < -0.4 is 5.32 Å². The van der Waals surface area contributed by atoms with Crippen LogP contribution in [0.2, 0.25) is 0 Å². The fourth-order valence-corrected chi connectivity index (χ4v) is 1.79. The highest BCUT2D eigenvalue weighted by molar-refractivity contribution is 5.34. The van der Waals surface area contributed by atoms with Crippen LogP contribution in [0.5, 0.6) is 0 Å². The molecule has 0 unspecified atom stereocenters. The fraction of sp³-hybridized carbons (Fsp3) is 0.214. The van der Waals surface area contributed by atoms with E-state index in [0.29, 0.717) is 6.54 Å². The van der Waals surface area contributed by atoms with Gasteiger partial charge in [0.15, 0.2) is 0 Å². The van der Waals surface area contributed by atoms with Gasteiger partial charge in [0.1, 0.15) is 0 Å². The van der Waals surface area contributed by atoms with Gasteiger partial charge in [-0.3, -0.25) is 15.1 Å². The van der Waals surface area contributed by atoms with Crippen LogP contribution in [0.3, 0.4) is 0 Å². The van der Waals surface area contributed by atoms with Crippen molar-refractivity contribution in [3.8, 4) is 0 Å². The third-order valence-corrected chi connectivity index (χ3v) is 2.79. The lowest BCUT2D eigenvalue weighted by atomic mass is 10.2. The molecule has 1 N–H and O–H groups in total. The normalized spacial score (nSPS) is 10.3. The molecule has 0 bridgehead atoms. The number of nitro groups is 1. The van der Waals surface area contributed by atoms with Crippen LogP contribution in [0, 0.1) is 10.1 Å². The molecule has 0 aliphatic carbocycles. The molecule has 0 saturated heterocycles. The summed E-state index contributed by atoms with van der Waals surface area (Å²) in [6, 6.07) is 10.6. The predicted octanol–water partition coefficient (Wildman–Crippen LogP) is 2.32.